The van der Waals surface area contributed by atoms with E-state index in [1.807, 2.05) is 24.3 Å². The Morgan fingerprint density at radius 3 is 2.05 bits per heavy atom. The molecule has 0 saturated heterocycles. The Labute approximate surface area is 247 Å². The molecule has 0 spiro atoms. The molecule has 4 aliphatic rings. The fourth-order valence-electron chi connectivity index (χ4n) is 7.77. The maximum absolute atomic E-state index is 10.1. The highest BCUT2D eigenvalue weighted by molar-refractivity contribution is 5.82. The Hall–Kier alpha value is -5.06. The number of fused-ring (bicyclic) bond motifs is 6. The number of para-hydroxylation sites is 1. The summed E-state index contributed by atoms with van der Waals surface area (Å²) in [4.78, 5) is 4.94. The Morgan fingerprint density at radius 2 is 1.26 bits per heavy atom. The summed E-state index contributed by atoms with van der Waals surface area (Å²) in [5.74, 6) is 0.661. The second kappa shape index (κ2) is 9.79. The molecule has 0 amide bonds. The Bertz CT molecular complexity index is 1870. The van der Waals surface area contributed by atoms with E-state index < -0.39 is 0 Å². The first-order valence-corrected chi connectivity index (χ1v) is 14.9. The molecule has 4 nitrogen and oxygen atoms in total. The molecule has 0 radical (unpaired) electrons. The summed E-state index contributed by atoms with van der Waals surface area (Å²) in [6.07, 6.45) is 13.6. The zero-order valence-corrected chi connectivity index (χ0v) is 23.3. The Kier molecular flexibility index (Phi) is 5.76. The Balaban J connectivity index is 1.23. The maximum Gasteiger partial charge on any atom is 0.0992 e. The second-order valence-electron chi connectivity index (χ2n) is 11.8. The van der Waals surface area contributed by atoms with E-state index in [0.717, 1.165) is 48.2 Å². The van der Waals surface area contributed by atoms with Crippen LogP contribution >= 0.6 is 0 Å². The number of nitrogens with zero attached hydrogens (tertiary/aromatic N) is 4. The van der Waals surface area contributed by atoms with Crippen molar-refractivity contribution in [3.63, 3.8) is 0 Å². The topological polar surface area (TPSA) is 54.1 Å². The Morgan fingerprint density at radius 1 is 0.571 bits per heavy atom. The summed E-state index contributed by atoms with van der Waals surface area (Å²) in [6.45, 7) is 0. The van der Waals surface area contributed by atoms with Crippen molar-refractivity contribution in [2.45, 2.75) is 49.6 Å². The molecule has 8 rings (SSSR count). The largest absolute Gasteiger partial charge is 0.337 e. The summed E-state index contributed by atoms with van der Waals surface area (Å²) < 4.78 is 0. The number of nitriles is 2. The molecular formula is C38H30N4. The quantitative estimate of drug-likeness (QED) is 0.242. The average Bonchev–Trinajstić information content (AvgIpc) is 3.57. The van der Waals surface area contributed by atoms with Crippen molar-refractivity contribution in [2.75, 3.05) is 9.80 Å². The number of benzene rings is 4. The second-order valence-corrected chi connectivity index (χ2v) is 11.8. The van der Waals surface area contributed by atoms with Crippen molar-refractivity contribution in [1.29, 1.82) is 10.5 Å². The minimum Gasteiger partial charge on any atom is -0.337 e. The van der Waals surface area contributed by atoms with Crippen molar-refractivity contribution in [2.24, 2.45) is 0 Å². The number of hydrogen-bond donors (Lipinski definition) is 0. The van der Waals surface area contributed by atoms with Gasteiger partial charge in [-0.05, 0) is 103 Å². The minimum absolute atomic E-state index is 0.243. The van der Waals surface area contributed by atoms with E-state index in [1.165, 1.54) is 22.5 Å². The summed E-state index contributed by atoms with van der Waals surface area (Å²) in [5, 5.41) is 19.7. The van der Waals surface area contributed by atoms with Crippen LogP contribution in [0, 0.1) is 22.7 Å². The fourth-order valence-corrected chi connectivity index (χ4v) is 7.77. The smallest absolute Gasteiger partial charge is 0.0992 e. The van der Waals surface area contributed by atoms with Gasteiger partial charge in [-0.25, -0.2) is 0 Å². The van der Waals surface area contributed by atoms with E-state index in [9.17, 15) is 10.5 Å². The molecule has 202 valence electrons. The molecule has 4 heteroatoms. The molecular weight excluding hydrogens is 512 g/mol. The van der Waals surface area contributed by atoms with Crippen molar-refractivity contribution in [3.8, 4) is 23.3 Å². The van der Waals surface area contributed by atoms with Crippen LogP contribution in [0.2, 0.25) is 0 Å². The van der Waals surface area contributed by atoms with Gasteiger partial charge in [0, 0.05) is 46.7 Å². The van der Waals surface area contributed by atoms with Crippen molar-refractivity contribution >= 4 is 22.7 Å². The van der Waals surface area contributed by atoms with E-state index in [4.69, 9.17) is 0 Å². The third-order valence-electron chi connectivity index (χ3n) is 9.55. The van der Waals surface area contributed by atoms with Crippen molar-refractivity contribution in [3.05, 3.63) is 131 Å². The first-order valence-electron chi connectivity index (χ1n) is 14.9. The van der Waals surface area contributed by atoms with E-state index in [2.05, 4.69) is 107 Å². The van der Waals surface area contributed by atoms with Gasteiger partial charge in [-0.2, -0.15) is 10.5 Å². The van der Waals surface area contributed by atoms with E-state index in [-0.39, 0.29) is 12.0 Å². The molecule has 0 saturated carbocycles. The van der Waals surface area contributed by atoms with Crippen LogP contribution in [0.3, 0.4) is 0 Å². The molecule has 4 atom stereocenters. The van der Waals surface area contributed by atoms with Crippen LogP contribution in [0.5, 0.6) is 0 Å². The predicted octanol–water partition coefficient (Wildman–Crippen LogP) is 9.00. The van der Waals surface area contributed by atoms with Crippen LogP contribution in [-0.2, 0) is 0 Å². The highest BCUT2D eigenvalue weighted by Gasteiger charge is 2.40. The van der Waals surface area contributed by atoms with Crippen molar-refractivity contribution < 1.29 is 0 Å². The summed E-state index contributed by atoms with van der Waals surface area (Å²) in [6, 6.07) is 35.4. The highest BCUT2D eigenvalue weighted by Crippen LogP contribution is 2.51. The molecule has 4 unspecified atom stereocenters. The molecule has 42 heavy (non-hydrogen) atoms. The first-order chi connectivity index (χ1) is 20.7. The third kappa shape index (κ3) is 3.80. The van der Waals surface area contributed by atoms with Gasteiger partial charge in [0.1, 0.15) is 0 Å². The van der Waals surface area contributed by atoms with Gasteiger partial charge in [0.15, 0.2) is 0 Å². The molecule has 4 aromatic carbocycles. The normalized spacial score (nSPS) is 23.0. The van der Waals surface area contributed by atoms with Crippen LogP contribution < -0.4 is 9.80 Å². The molecule has 0 bridgehead atoms. The van der Waals surface area contributed by atoms with Gasteiger partial charge in [0.25, 0.3) is 0 Å². The molecule has 4 aromatic rings. The van der Waals surface area contributed by atoms with Gasteiger partial charge >= 0.3 is 0 Å². The molecule has 2 heterocycles. The SMILES string of the molecule is N#Cc1cc(-c2cccc(N3c4ccccc4C4C=CCCC43)c2)cc(N2c3ccc(C#N)cc3C3C=CCCC32)c1. The number of anilines is 4. The highest BCUT2D eigenvalue weighted by atomic mass is 15.2. The fraction of sp³-hybridized carbons (Fsp3) is 0.211. The summed E-state index contributed by atoms with van der Waals surface area (Å²) in [5.41, 5.74) is 10.8. The van der Waals surface area contributed by atoms with Gasteiger partial charge in [0.05, 0.1) is 23.3 Å². The van der Waals surface area contributed by atoms with E-state index in [1.54, 1.807) is 0 Å². The van der Waals surface area contributed by atoms with Crippen LogP contribution in [0.25, 0.3) is 11.1 Å². The van der Waals surface area contributed by atoms with Gasteiger partial charge in [-0.3, -0.25) is 0 Å². The zero-order chi connectivity index (χ0) is 28.2. The monoisotopic (exact) mass is 542 g/mol. The number of rotatable bonds is 3. The lowest BCUT2D eigenvalue weighted by atomic mass is 9.87. The van der Waals surface area contributed by atoms with E-state index in [0.29, 0.717) is 23.1 Å². The molecule has 0 fully saturated rings. The first kappa shape index (κ1) is 24.7. The molecule has 2 aliphatic heterocycles. The lowest BCUT2D eigenvalue weighted by Gasteiger charge is -2.32. The van der Waals surface area contributed by atoms with Crippen LogP contribution in [0.1, 0.15) is 59.8 Å². The standard InChI is InChI=1S/C38H30N4/c39-23-25-16-17-38-34(20-25)33-12-3-6-15-37(33)42(38)30-19-26(24-40)18-28(22-30)27-8-7-9-29(21-27)41-35-13-4-1-10-31(35)32-11-2-5-14-36(32)41/h1-4,7-13,16-22,32-33,36-37H,5-6,14-15H2. The minimum atomic E-state index is 0.243. The number of hydrogen-bond acceptors (Lipinski definition) is 4. The lowest BCUT2D eigenvalue weighted by Crippen LogP contribution is -2.31. The van der Waals surface area contributed by atoms with Gasteiger partial charge in [-0.1, -0.05) is 54.6 Å². The zero-order valence-electron chi connectivity index (χ0n) is 23.3. The van der Waals surface area contributed by atoms with Gasteiger partial charge in [-0.15, -0.1) is 0 Å². The predicted molar refractivity (Wildman–Crippen MR) is 168 cm³/mol. The number of allylic oxidation sites excluding steroid dienone is 2. The lowest BCUT2D eigenvalue weighted by molar-refractivity contribution is 0.565. The molecule has 0 aromatic heterocycles. The van der Waals surface area contributed by atoms with Crippen molar-refractivity contribution in [1.82, 2.24) is 0 Å². The third-order valence-corrected chi connectivity index (χ3v) is 9.55. The maximum atomic E-state index is 10.1. The van der Waals surface area contributed by atoms with Crippen LogP contribution in [0.15, 0.2) is 109 Å². The van der Waals surface area contributed by atoms with Gasteiger partial charge in [0.2, 0.25) is 0 Å². The van der Waals surface area contributed by atoms with Crippen LogP contribution in [0.4, 0.5) is 22.7 Å². The summed E-state index contributed by atoms with van der Waals surface area (Å²) in [7, 11) is 0. The van der Waals surface area contributed by atoms with Gasteiger partial charge < -0.3 is 9.80 Å². The average molecular weight is 543 g/mol. The molecule has 2 aliphatic carbocycles. The van der Waals surface area contributed by atoms with Crippen LogP contribution in [-0.4, -0.2) is 12.1 Å². The van der Waals surface area contributed by atoms with E-state index >= 15 is 0 Å². The molecule has 0 N–H and O–H groups in total. The summed E-state index contributed by atoms with van der Waals surface area (Å²) >= 11 is 0.